The summed E-state index contributed by atoms with van der Waals surface area (Å²) in [5.41, 5.74) is 0. The molecule has 2 heterocycles. The summed E-state index contributed by atoms with van der Waals surface area (Å²) in [6.07, 6.45) is 1.23. The minimum Gasteiger partial charge on any atom is -0.328 e. The molecule has 2 saturated heterocycles. The Kier molecular flexibility index (Phi) is 3.77. The molecule has 0 spiro atoms. The molecule has 3 heteroatoms. The molecule has 15 heavy (non-hydrogen) atoms. The first-order valence-corrected chi connectivity index (χ1v) is 6.18. The fourth-order valence-corrected chi connectivity index (χ4v) is 2.92. The molecule has 0 saturated carbocycles. The summed E-state index contributed by atoms with van der Waals surface area (Å²) in [6, 6.07) is 1.24. The lowest BCUT2D eigenvalue weighted by Gasteiger charge is -2.40. The first-order valence-electron chi connectivity index (χ1n) is 6.18. The van der Waals surface area contributed by atoms with E-state index in [-0.39, 0.29) is 5.91 Å². The van der Waals surface area contributed by atoms with Gasteiger partial charge in [-0.2, -0.15) is 0 Å². The van der Waals surface area contributed by atoms with Gasteiger partial charge in [-0.3, -0.25) is 4.79 Å². The van der Waals surface area contributed by atoms with Gasteiger partial charge in [-0.05, 0) is 6.92 Å². The van der Waals surface area contributed by atoms with Crippen LogP contribution in [0.3, 0.4) is 0 Å². The van der Waals surface area contributed by atoms with Gasteiger partial charge in [-0.15, -0.1) is 0 Å². The number of carbonyl (C=O) groups is 1. The highest BCUT2D eigenvalue weighted by Crippen LogP contribution is 2.35. The molecule has 3 atom stereocenters. The number of hydrogen-bond donors (Lipinski definition) is 0. The number of piperazine rings is 1. The maximum absolute atomic E-state index is 11.3. The highest BCUT2D eigenvalue weighted by atomic mass is 16.2. The molecular weight excluding hydrogens is 188 g/mol. The highest BCUT2D eigenvalue weighted by Gasteiger charge is 2.52. The molecule has 2 fully saturated rings. The van der Waals surface area contributed by atoms with E-state index in [1.165, 1.54) is 24.0 Å². The van der Waals surface area contributed by atoms with Crippen LogP contribution in [0.2, 0.25) is 0 Å². The zero-order valence-electron chi connectivity index (χ0n) is 10.8. The maximum atomic E-state index is 11.3. The van der Waals surface area contributed by atoms with Crippen LogP contribution in [0.5, 0.6) is 0 Å². The molecular formula is C12H25N2O+. The molecule has 0 N–H and O–H groups in total. The summed E-state index contributed by atoms with van der Waals surface area (Å²) in [6.45, 7) is 11.3. The van der Waals surface area contributed by atoms with Gasteiger partial charge in [0.1, 0.15) is 6.04 Å². The average Bonchev–Trinajstić information content (AvgIpc) is 2.77. The molecule has 3 nitrogen and oxygen atoms in total. The number of likely N-dealkylation sites (tertiary alicyclic amines) is 2. The van der Waals surface area contributed by atoms with Crippen molar-refractivity contribution in [1.82, 2.24) is 4.90 Å². The first-order chi connectivity index (χ1) is 7.07. The molecule has 0 aromatic rings. The second-order valence-corrected chi connectivity index (χ2v) is 4.69. The van der Waals surface area contributed by atoms with Gasteiger partial charge in [-0.25, -0.2) is 0 Å². The van der Waals surface area contributed by atoms with Crippen LogP contribution in [0.25, 0.3) is 0 Å². The van der Waals surface area contributed by atoms with Crippen molar-refractivity contribution in [3.8, 4) is 0 Å². The third-order valence-electron chi connectivity index (χ3n) is 4.03. The fraction of sp³-hybridized carbons (Fsp3) is 0.917. The monoisotopic (exact) mass is 213 g/mol. The number of likely N-dealkylation sites (N-methyl/N-ethyl adjacent to an activating group) is 1. The Morgan fingerprint density at radius 3 is 2.40 bits per heavy atom. The highest BCUT2D eigenvalue weighted by molar-refractivity contribution is 5.74. The maximum Gasteiger partial charge on any atom is 0.220 e. The summed E-state index contributed by atoms with van der Waals surface area (Å²) in [4.78, 5) is 13.3. The van der Waals surface area contributed by atoms with Crippen molar-refractivity contribution < 1.29 is 9.28 Å². The van der Waals surface area contributed by atoms with E-state index in [1.807, 2.05) is 13.8 Å². The number of hydrogen-bond acceptors (Lipinski definition) is 1. The lowest BCUT2D eigenvalue weighted by molar-refractivity contribution is -0.923. The molecule has 3 unspecified atom stereocenters. The van der Waals surface area contributed by atoms with Crippen molar-refractivity contribution in [2.45, 2.75) is 46.2 Å². The van der Waals surface area contributed by atoms with E-state index in [0.29, 0.717) is 12.1 Å². The van der Waals surface area contributed by atoms with Gasteiger partial charge in [0.25, 0.3) is 0 Å². The summed E-state index contributed by atoms with van der Waals surface area (Å²) < 4.78 is 1.18. The third kappa shape index (κ3) is 2.03. The second kappa shape index (κ2) is 4.52. The number of nitrogens with zero attached hydrogens (tertiary/aromatic N) is 2. The minimum absolute atomic E-state index is 0.259. The van der Waals surface area contributed by atoms with Gasteiger partial charge in [0.2, 0.25) is 5.91 Å². The molecule has 0 aliphatic carbocycles. The van der Waals surface area contributed by atoms with E-state index >= 15 is 0 Å². The Bertz CT molecular complexity index is 242. The Balaban J connectivity index is 0.000000531. The molecule has 2 rings (SSSR count). The molecule has 2 aliphatic heterocycles. The Hall–Kier alpha value is -0.570. The van der Waals surface area contributed by atoms with Gasteiger partial charge in [0.15, 0.2) is 0 Å². The minimum atomic E-state index is 0.259. The van der Waals surface area contributed by atoms with Crippen LogP contribution in [0.1, 0.15) is 34.1 Å². The van der Waals surface area contributed by atoms with Gasteiger partial charge in [0.05, 0.1) is 32.7 Å². The topological polar surface area (TPSA) is 20.3 Å². The zero-order chi connectivity index (χ0) is 11.6. The molecule has 0 radical (unpaired) electrons. The van der Waals surface area contributed by atoms with E-state index in [9.17, 15) is 4.79 Å². The van der Waals surface area contributed by atoms with Crippen LogP contribution in [-0.2, 0) is 4.79 Å². The lowest BCUT2D eigenvalue weighted by Crippen LogP contribution is -2.58. The van der Waals surface area contributed by atoms with Crippen LogP contribution in [0, 0.1) is 0 Å². The third-order valence-corrected chi connectivity index (χ3v) is 4.03. The van der Waals surface area contributed by atoms with Crippen LogP contribution in [0.15, 0.2) is 0 Å². The predicted octanol–water partition coefficient (Wildman–Crippen LogP) is 1.48. The van der Waals surface area contributed by atoms with Gasteiger partial charge >= 0.3 is 0 Å². The van der Waals surface area contributed by atoms with E-state index in [4.69, 9.17) is 0 Å². The predicted molar refractivity (Wildman–Crippen MR) is 62.5 cm³/mol. The van der Waals surface area contributed by atoms with Crippen LogP contribution < -0.4 is 0 Å². The SMILES string of the molecule is CC.CC[N+]1(C)CC2CC1CN2C(C)=O. The smallest absolute Gasteiger partial charge is 0.220 e. The van der Waals surface area contributed by atoms with Gasteiger partial charge in [0, 0.05) is 13.3 Å². The molecule has 2 aliphatic rings. The number of amides is 1. The van der Waals surface area contributed by atoms with Crippen molar-refractivity contribution in [3.05, 3.63) is 0 Å². The summed E-state index contributed by atoms with van der Waals surface area (Å²) in [5.74, 6) is 0.259. The van der Waals surface area contributed by atoms with Crippen molar-refractivity contribution in [2.24, 2.45) is 0 Å². The summed E-state index contributed by atoms with van der Waals surface area (Å²) >= 11 is 0. The summed E-state index contributed by atoms with van der Waals surface area (Å²) in [7, 11) is 2.32. The van der Waals surface area contributed by atoms with Gasteiger partial charge in [-0.1, -0.05) is 13.8 Å². The molecule has 88 valence electrons. The standard InChI is InChI=1S/C10H19N2O.C2H6/c1-4-12(3)7-9-5-10(12)6-11(9)8(2)13;1-2/h9-10H,4-7H2,1-3H3;1-2H3/q+1;. The van der Waals surface area contributed by atoms with Crippen molar-refractivity contribution in [1.29, 1.82) is 0 Å². The zero-order valence-corrected chi connectivity index (χ0v) is 10.8. The molecule has 2 bridgehead atoms. The average molecular weight is 213 g/mol. The molecule has 0 aromatic carbocycles. The van der Waals surface area contributed by atoms with Crippen molar-refractivity contribution in [2.75, 3.05) is 26.7 Å². The molecule has 1 amide bonds. The van der Waals surface area contributed by atoms with E-state index in [0.717, 1.165) is 6.54 Å². The number of rotatable bonds is 1. The van der Waals surface area contributed by atoms with Crippen LogP contribution in [0.4, 0.5) is 0 Å². The first kappa shape index (κ1) is 12.5. The van der Waals surface area contributed by atoms with E-state index < -0.39 is 0 Å². The number of quaternary nitrogens is 1. The Morgan fingerprint density at radius 1 is 1.47 bits per heavy atom. The van der Waals surface area contributed by atoms with E-state index in [1.54, 1.807) is 6.92 Å². The van der Waals surface area contributed by atoms with Crippen molar-refractivity contribution >= 4 is 5.91 Å². The number of fused-ring (bicyclic) bond motifs is 2. The van der Waals surface area contributed by atoms with Gasteiger partial charge < -0.3 is 9.38 Å². The van der Waals surface area contributed by atoms with Crippen LogP contribution in [-0.4, -0.2) is 54.1 Å². The Labute approximate surface area is 93.6 Å². The normalized spacial score (nSPS) is 37.5. The Morgan fingerprint density at radius 2 is 2.07 bits per heavy atom. The van der Waals surface area contributed by atoms with E-state index in [2.05, 4.69) is 18.9 Å². The number of carbonyl (C=O) groups excluding carboxylic acids is 1. The summed E-state index contributed by atoms with van der Waals surface area (Å²) in [5, 5.41) is 0. The second-order valence-electron chi connectivity index (χ2n) is 4.69. The lowest BCUT2D eigenvalue weighted by atomic mass is 10.2. The largest absolute Gasteiger partial charge is 0.328 e. The fourth-order valence-electron chi connectivity index (χ4n) is 2.92. The quantitative estimate of drug-likeness (QED) is 0.604. The molecule has 0 aromatic heterocycles. The van der Waals surface area contributed by atoms with Crippen LogP contribution >= 0.6 is 0 Å². The van der Waals surface area contributed by atoms with Crippen molar-refractivity contribution in [3.63, 3.8) is 0 Å².